The van der Waals surface area contributed by atoms with Crippen molar-refractivity contribution in [2.24, 2.45) is 0 Å². The molecule has 154 valence electrons. The van der Waals surface area contributed by atoms with Crippen molar-refractivity contribution in [3.05, 3.63) is 112 Å². The molecular weight excluding hydrogens is 408 g/mol. The number of rotatable bonds is 6. The van der Waals surface area contributed by atoms with Gasteiger partial charge in [-0.1, -0.05) is 35.5 Å². The summed E-state index contributed by atoms with van der Waals surface area (Å²) in [6.07, 6.45) is 3.40. The van der Waals surface area contributed by atoms with Gasteiger partial charge in [0.2, 0.25) is 0 Å². The molecule has 0 radical (unpaired) electrons. The highest BCUT2D eigenvalue weighted by Gasteiger charge is 2.09. The third kappa shape index (κ3) is 5.26. The van der Waals surface area contributed by atoms with Crippen molar-refractivity contribution in [2.75, 3.05) is 0 Å². The number of pyridine rings is 1. The van der Waals surface area contributed by atoms with E-state index in [1.54, 1.807) is 42.7 Å². The molecule has 0 aliphatic heterocycles. The number of hydrogen-bond donors (Lipinski definition) is 1. The average Bonchev–Trinajstić information content (AvgIpc) is 2.81. The standard InChI is InChI=1S/C24H20N4O2S/c1-17-4-10-21(11-5-17)31-22-12-13-23(29)28(27-22)20-8-6-19(7-9-20)24(30)26-16-18-3-2-14-25-15-18/h2-15H,16H2,1H3,(H,26,30). The number of aryl methyl sites for hydroxylation is 1. The van der Waals surface area contributed by atoms with E-state index in [1.165, 1.54) is 28.1 Å². The fraction of sp³-hybridized carbons (Fsp3) is 0.0833. The third-order valence-corrected chi connectivity index (χ3v) is 5.50. The van der Waals surface area contributed by atoms with Gasteiger partial charge in [-0.2, -0.15) is 9.78 Å². The Morgan fingerprint density at radius 3 is 2.48 bits per heavy atom. The summed E-state index contributed by atoms with van der Waals surface area (Å²) in [4.78, 5) is 29.8. The van der Waals surface area contributed by atoms with Crippen LogP contribution in [-0.4, -0.2) is 20.7 Å². The Balaban J connectivity index is 1.48. The fourth-order valence-corrected chi connectivity index (χ4v) is 3.67. The zero-order chi connectivity index (χ0) is 21.6. The molecule has 0 atom stereocenters. The molecule has 2 heterocycles. The first-order chi connectivity index (χ1) is 15.1. The third-order valence-electron chi connectivity index (χ3n) is 4.57. The maximum absolute atomic E-state index is 12.4. The van der Waals surface area contributed by atoms with Crippen LogP contribution in [0.3, 0.4) is 0 Å². The Bertz CT molecular complexity index is 1240. The molecule has 0 saturated carbocycles. The van der Waals surface area contributed by atoms with Crippen LogP contribution in [0.1, 0.15) is 21.5 Å². The molecule has 0 bridgehead atoms. The first-order valence-corrected chi connectivity index (χ1v) is 10.5. The molecule has 4 aromatic rings. The van der Waals surface area contributed by atoms with Crippen LogP contribution in [0.25, 0.3) is 5.69 Å². The summed E-state index contributed by atoms with van der Waals surface area (Å²) in [6, 6.07) is 21.9. The fourth-order valence-electron chi connectivity index (χ4n) is 2.90. The summed E-state index contributed by atoms with van der Waals surface area (Å²) in [7, 11) is 0. The highest BCUT2D eigenvalue weighted by molar-refractivity contribution is 7.99. The van der Waals surface area contributed by atoms with E-state index in [-0.39, 0.29) is 11.5 Å². The van der Waals surface area contributed by atoms with E-state index in [0.29, 0.717) is 22.8 Å². The molecule has 0 unspecified atom stereocenters. The van der Waals surface area contributed by atoms with E-state index in [9.17, 15) is 9.59 Å². The summed E-state index contributed by atoms with van der Waals surface area (Å²) >= 11 is 1.49. The van der Waals surface area contributed by atoms with Gasteiger partial charge < -0.3 is 5.32 Å². The molecule has 2 aromatic carbocycles. The van der Waals surface area contributed by atoms with Gasteiger partial charge in [0, 0.05) is 35.5 Å². The van der Waals surface area contributed by atoms with Crippen LogP contribution >= 0.6 is 11.8 Å². The van der Waals surface area contributed by atoms with Gasteiger partial charge >= 0.3 is 0 Å². The predicted octanol–water partition coefficient (Wildman–Crippen LogP) is 4.02. The molecule has 31 heavy (non-hydrogen) atoms. The van der Waals surface area contributed by atoms with Crippen molar-refractivity contribution >= 4 is 17.7 Å². The highest BCUT2D eigenvalue weighted by Crippen LogP contribution is 2.25. The Hall–Kier alpha value is -3.71. The number of aromatic nitrogens is 3. The Kier molecular flexibility index (Phi) is 6.24. The van der Waals surface area contributed by atoms with Gasteiger partial charge in [-0.15, -0.1) is 0 Å². The number of carbonyl (C=O) groups is 1. The molecule has 0 aliphatic rings. The molecule has 4 rings (SSSR count). The van der Waals surface area contributed by atoms with E-state index in [2.05, 4.69) is 15.4 Å². The number of benzene rings is 2. The largest absolute Gasteiger partial charge is 0.348 e. The van der Waals surface area contributed by atoms with E-state index in [1.807, 2.05) is 43.3 Å². The van der Waals surface area contributed by atoms with Gasteiger partial charge in [0.15, 0.2) is 0 Å². The van der Waals surface area contributed by atoms with Gasteiger partial charge in [-0.3, -0.25) is 14.6 Å². The zero-order valence-electron chi connectivity index (χ0n) is 16.9. The second-order valence-electron chi connectivity index (χ2n) is 6.93. The van der Waals surface area contributed by atoms with Crippen molar-refractivity contribution in [1.82, 2.24) is 20.1 Å². The second-order valence-corrected chi connectivity index (χ2v) is 8.02. The molecule has 0 fully saturated rings. The Labute approximate surface area is 184 Å². The van der Waals surface area contributed by atoms with Crippen LogP contribution in [0.4, 0.5) is 0 Å². The topological polar surface area (TPSA) is 76.9 Å². The van der Waals surface area contributed by atoms with Crippen LogP contribution in [0.15, 0.2) is 99.9 Å². The molecule has 2 aromatic heterocycles. The van der Waals surface area contributed by atoms with Gasteiger partial charge in [-0.25, -0.2) is 0 Å². The van der Waals surface area contributed by atoms with Crippen molar-refractivity contribution in [3.63, 3.8) is 0 Å². The van der Waals surface area contributed by atoms with Crippen LogP contribution in [-0.2, 0) is 6.54 Å². The summed E-state index contributed by atoms with van der Waals surface area (Å²) in [5.41, 5.74) is 2.98. The maximum atomic E-state index is 12.4. The van der Waals surface area contributed by atoms with Crippen molar-refractivity contribution in [1.29, 1.82) is 0 Å². The average molecular weight is 429 g/mol. The van der Waals surface area contributed by atoms with E-state index >= 15 is 0 Å². The normalized spacial score (nSPS) is 10.6. The number of carbonyl (C=O) groups excluding carboxylic acids is 1. The second kappa shape index (κ2) is 9.40. The van der Waals surface area contributed by atoms with Crippen molar-refractivity contribution in [2.45, 2.75) is 23.4 Å². The first kappa shape index (κ1) is 20.6. The van der Waals surface area contributed by atoms with Crippen molar-refractivity contribution < 1.29 is 4.79 Å². The monoisotopic (exact) mass is 428 g/mol. The Morgan fingerprint density at radius 1 is 1.00 bits per heavy atom. The summed E-state index contributed by atoms with van der Waals surface area (Å²) in [6.45, 7) is 2.43. The lowest BCUT2D eigenvalue weighted by Crippen LogP contribution is -2.23. The zero-order valence-corrected chi connectivity index (χ0v) is 17.7. The molecular formula is C24H20N4O2S. The van der Waals surface area contributed by atoms with Crippen LogP contribution in [0.2, 0.25) is 0 Å². The molecule has 6 nitrogen and oxygen atoms in total. The smallest absolute Gasteiger partial charge is 0.271 e. The van der Waals surface area contributed by atoms with Gasteiger partial charge in [-0.05, 0) is 61.0 Å². The SMILES string of the molecule is Cc1ccc(Sc2ccc(=O)n(-c3ccc(C(=O)NCc4cccnc4)cc3)n2)cc1. The molecule has 0 aliphatic carbocycles. The Morgan fingerprint density at radius 2 is 1.77 bits per heavy atom. The van der Waals surface area contributed by atoms with Crippen LogP contribution in [0, 0.1) is 6.92 Å². The van der Waals surface area contributed by atoms with E-state index in [4.69, 9.17) is 0 Å². The number of amides is 1. The summed E-state index contributed by atoms with van der Waals surface area (Å²) in [5, 5.41) is 8.04. The molecule has 0 spiro atoms. The molecule has 0 saturated heterocycles. The quantitative estimate of drug-likeness (QED) is 0.502. The summed E-state index contributed by atoms with van der Waals surface area (Å²) in [5.74, 6) is -0.195. The molecule has 7 heteroatoms. The lowest BCUT2D eigenvalue weighted by atomic mass is 10.2. The van der Waals surface area contributed by atoms with Gasteiger partial charge in [0.1, 0.15) is 5.03 Å². The van der Waals surface area contributed by atoms with Crippen molar-refractivity contribution in [3.8, 4) is 5.69 Å². The highest BCUT2D eigenvalue weighted by atomic mass is 32.2. The van der Waals surface area contributed by atoms with E-state index < -0.39 is 0 Å². The molecule has 1 N–H and O–H groups in total. The van der Waals surface area contributed by atoms with Crippen LogP contribution in [0.5, 0.6) is 0 Å². The van der Waals surface area contributed by atoms with E-state index in [0.717, 1.165) is 10.5 Å². The minimum Gasteiger partial charge on any atom is -0.348 e. The maximum Gasteiger partial charge on any atom is 0.271 e. The lowest BCUT2D eigenvalue weighted by Gasteiger charge is -2.09. The minimum absolute atomic E-state index is 0.195. The number of hydrogen-bond acceptors (Lipinski definition) is 5. The summed E-state index contributed by atoms with van der Waals surface area (Å²) < 4.78 is 1.34. The van der Waals surface area contributed by atoms with Gasteiger partial charge in [0.25, 0.3) is 11.5 Å². The number of nitrogens with one attached hydrogen (secondary N) is 1. The predicted molar refractivity (Wildman–Crippen MR) is 121 cm³/mol. The van der Waals surface area contributed by atoms with Crippen LogP contribution < -0.4 is 10.9 Å². The number of nitrogens with zero attached hydrogens (tertiary/aromatic N) is 3. The molecule has 1 amide bonds. The lowest BCUT2D eigenvalue weighted by molar-refractivity contribution is 0.0951. The van der Waals surface area contributed by atoms with Gasteiger partial charge in [0.05, 0.1) is 5.69 Å². The minimum atomic E-state index is -0.234. The first-order valence-electron chi connectivity index (χ1n) is 9.71.